The molecule has 31 heavy (non-hydrogen) atoms. The van der Waals surface area contributed by atoms with Crippen molar-refractivity contribution < 1.29 is 23.9 Å². The fourth-order valence-electron chi connectivity index (χ4n) is 2.16. The van der Waals surface area contributed by atoms with Gasteiger partial charge in [-0.15, -0.1) is 0 Å². The summed E-state index contributed by atoms with van der Waals surface area (Å²) in [5, 5.41) is 13.7. The van der Waals surface area contributed by atoms with Crippen molar-refractivity contribution in [2.24, 2.45) is 5.41 Å². The summed E-state index contributed by atoms with van der Waals surface area (Å²) in [6, 6.07) is 0. The van der Waals surface area contributed by atoms with Crippen LogP contribution in [0.4, 0.5) is 0 Å². The third-order valence-electron chi connectivity index (χ3n) is 6.09. The Morgan fingerprint density at radius 2 is 1.55 bits per heavy atom. The summed E-state index contributed by atoms with van der Waals surface area (Å²) >= 11 is 0. The van der Waals surface area contributed by atoms with Gasteiger partial charge in [0.15, 0.2) is 0 Å². The molecule has 0 bridgehead atoms. The molecule has 1 aromatic heterocycles. The number of aliphatic hydroxyl groups is 1. The number of ether oxygens (including phenoxy) is 1. The van der Waals surface area contributed by atoms with Gasteiger partial charge in [-0.05, 0) is 53.9 Å². The summed E-state index contributed by atoms with van der Waals surface area (Å²) in [5.41, 5.74) is 0.561. The molecule has 1 aliphatic heterocycles. The number of hydrogen-bond donors (Lipinski definition) is 1. The van der Waals surface area contributed by atoms with E-state index in [1.54, 1.807) is 10.9 Å². The van der Waals surface area contributed by atoms with Crippen molar-refractivity contribution in [2.45, 2.75) is 113 Å². The van der Waals surface area contributed by atoms with Crippen LogP contribution in [-0.4, -0.2) is 51.4 Å². The van der Waals surface area contributed by atoms with E-state index in [2.05, 4.69) is 5.10 Å². The number of nitrogens with zero attached hydrogens (tertiary/aromatic N) is 2. The van der Waals surface area contributed by atoms with Crippen molar-refractivity contribution >= 4 is 18.6 Å². The van der Waals surface area contributed by atoms with Crippen molar-refractivity contribution in [2.75, 3.05) is 6.61 Å². The van der Waals surface area contributed by atoms with Crippen LogP contribution in [0.15, 0.2) is 6.20 Å². The molecule has 7 nitrogen and oxygen atoms in total. The Bertz CT molecular complexity index is 672. The smallest absolute Gasteiger partial charge is 0.464 e. The molecular weight excluding hydrogens is 395 g/mol. The van der Waals surface area contributed by atoms with Gasteiger partial charge in [0.1, 0.15) is 6.61 Å². The number of aromatic nitrogens is 2. The topological polar surface area (TPSA) is 82.8 Å². The molecule has 0 spiro atoms. The fraction of sp³-hybridized carbons (Fsp3) is 0.826. The van der Waals surface area contributed by atoms with E-state index < -0.39 is 12.7 Å². The molecule has 0 aliphatic carbocycles. The van der Waals surface area contributed by atoms with Gasteiger partial charge in [-0.2, -0.15) is 5.10 Å². The van der Waals surface area contributed by atoms with Crippen LogP contribution in [0.2, 0.25) is 0 Å². The molecule has 1 aliphatic rings. The minimum atomic E-state index is -0.562. The molecule has 180 valence electrons. The summed E-state index contributed by atoms with van der Waals surface area (Å²) in [5.74, 6) is -0.286. The van der Waals surface area contributed by atoms with Crippen molar-refractivity contribution in [1.29, 1.82) is 0 Å². The fourth-order valence-corrected chi connectivity index (χ4v) is 2.16. The Morgan fingerprint density at radius 3 is 1.90 bits per heavy atom. The average Bonchev–Trinajstić information content (AvgIpc) is 3.04. The highest BCUT2D eigenvalue weighted by atomic mass is 16.7. The Kier molecular flexibility index (Phi) is 10.5. The first-order valence-corrected chi connectivity index (χ1v) is 11.1. The lowest BCUT2D eigenvalue weighted by molar-refractivity contribution is -0.141. The lowest BCUT2D eigenvalue weighted by Crippen LogP contribution is -2.41. The van der Waals surface area contributed by atoms with Crippen LogP contribution in [0.5, 0.6) is 0 Å². The van der Waals surface area contributed by atoms with E-state index in [1.165, 1.54) is 6.92 Å². The van der Waals surface area contributed by atoms with Gasteiger partial charge >= 0.3 is 13.1 Å². The van der Waals surface area contributed by atoms with Gasteiger partial charge in [0, 0.05) is 24.3 Å². The van der Waals surface area contributed by atoms with Crippen molar-refractivity contribution in [3.63, 3.8) is 0 Å². The van der Waals surface area contributed by atoms with Crippen molar-refractivity contribution in [3.05, 3.63) is 11.9 Å². The Morgan fingerprint density at radius 1 is 1.13 bits per heavy atom. The maximum absolute atomic E-state index is 10.8. The number of carbonyl (C=O) groups excluding carboxylic acids is 1. The second-order valence-electron chi connectivity index (χ2n) is 10.1. The first-order chi connectivity index (χ1) is 13.9. The van der Waals surface area contributed by atoms with Crippen molar-refractivity contribution in [3.8, 4) is 0 Å². The molecule has 0 amide bonds. The number of rotatable bonds is 4. The van der Waals surface area contributed by atoms with Gasteiger partial charge in [-0.1, -0.05) is 34.6 Å². The molecule has 0 radical (unpaired) electrons. The molecule has 8 heteroatoms. The van der Waals surface area contributed by atoms with Gasteiger partial charge < -0.3 is 19.2 Å². The van der Waals surface area contributed by atoms with E-state index in [9.17, 15) is 9.90 Å². The third-order valence-corrected chi connectivity index (χ3v) is 6.09. The van der Waals surface area contributed by atoms with Crippen LogP contribution in [0.1, 0.15) is 88.8 Å². The van der Waals surface area contributed by atoms with Crippen LogP contribution in [0.25, 0.3) is 0 Å². The second kappa shape index (κ2) is 11.0. The van der Waals surface area contributed by atoms with E-state index in [4.69, 9.17) is 14.0 Å². The Balaban J connectivity index is 0.000000762. The first-order valence-electron chi connectivity index (χ1n) is 11.1. The summed E-state index contributed by atoms with van der Waals surface area (Å²) in [6.07, 6.45) is 1.76. The van der Waals surface area contributed by atoms with E-state index >= 15 is 0 Å². The van der Waals surface area contributed by atoms with E-state index in [1.807, 2.05) is 83.1 Å². The highest BCUT2D eigenvalue weighted by Crippen LogP contribution is 2.36. The number of esters is 1. The van der Waals surface area contributed by atoms with Crippen LogP contribution in [0.3, 0.4) is 0 Å². The summed E-state index contributed by atoms with van der Waals surface area (Å²) in [4.78, 5) is 10.8. The quantitative estimate of drug-likeness (QED) is 0.565. The summed E-state index contributed by atoms with van der Waals surface area (Å²) in [7, 11) is -0.419. The zero-order valence-corrected chi connectivity index (χ0v) is 22.0. The predicted octanol–water partition coefficient (Wildman–Crippen LogP) is 3.88. The van der Waals surface area contributed by atoms with Crippen molar-refractivity contribution in [1.82, 2.24) is 9.78 Å². The summed E-state index contributed by atoms with van der Waals surface area (Å²) in [6.45, 7) is 26.0. The monoisotopic (exact) mass is 440 g/mol. The third kappa shape index (κ3) is 8.24. The largest absolute Gasteiger partial charge is 0.498 e. The maximum atomic E-state index is 10.8. The second-order valence-corrected chi connectivity index (χ2v) is 10.1. The average molecular weight is 440 g/mol. The Hall–Kier alpha value is -1.38. The van der Waals surface area contributed by atoms with E-state index in [-0.39, 0.29) is 22.6 Å². The van der Waals surface area contributed by atoms with Crippen LogP contribution >= 0.6 is 0 Å². The first kappa shape index (κ1) is 29.6. The molecule has 0 atom stereocenters. The normalized spacial score (nSPS) is 17.3. The van der Waals surface area contributed by atoms with Gasteiger partial charge in [0.25, 0.3) is 0 Å². The number of hydrogen-bond acceptors (Lipinski definition) is 6. The minimum Gasteiger partial charge on any atom is -0.464 e. The molecule has 2 rings (SSSR count). The highest BCUT2D eigenvalue weighted by molar-refractivity contribution is 6.62. The predicted molar refractivity (Wildman–Crippen MR) is 126 cm³/mol. The molecule has 1 fully saturated rings. The molecule has 1 saturated heterocycles. The lowest BCUT2D eigenvalue weighted by Gasteiger charge is -2.33. The minimum absolute atomic E-state index is 0.00694. The molecule has 1 N–H and O–H groups in total. The van der Waals surface area contributed by atoms with Gasteiger partial charge in [0.05, 0.1) is 23.3 Å². The van der Waals surface area contributed by atoms with Crippen LogP contribution < -0.4 is 5.46 Å². The Labute approximate surface area is 190 Å². The standard InChI is InChI=1S/C14H23BN2O4.C7H16O.C2H6/c1-10-12(9-16-17(10)7-8-19-11(2)18)15-20-13(3,4)14(5,6)21-15;1-6(2,3)7(4,5)8;1-2/h9H,7-8H2,1-6H3;8H,1-5H3;1-2H3. The molecular formula is C23H45BN2O5. The zero-order valence-electron chi connectivity index (χ0n) is 22.0. The number of carbonyl (C=O) groups is 1. The van der Waals surface area contributed by atoms with Gasteiger partial charge in [0.2, 0.25) is 0 Å². The van der Waals surface area contributed by atoms with Gasteiger partial charge in [-0.3, -0.25) is 9.48 Å². The molecule has 2 heterocycles. The lowest BCUT2D eigenvalue weighted by atomic mass is 9.79. The van der Waals surface area contributed by atoms with Crippen LogP contribution in [0, 0.1) is 12.3 Å². The zero-order chi connectivity index (χ0) is 24.8. The molecule has 0 saturated carbocycles. The highest BCUT2D eigenvalue weighted by Gasteiger charge is 2.52. The van der Waals surface area contributed by atoms with E-state index in [0.29, 0.717) is 13.2 Å². The molecule has 1 aromatic rings. The van der Waals surface area contributed by atoms with Crippen LogP contribution in [-0.2, 0) is 25.4 Å². The molecule has 0 unspecified atom stereocenters. The van der Waals surface area contributed by atoms with Gasteiger partial charge in [-0.25, -0.2) is 0 Å². The SMILES string of the molecule is CC.CC(=O)OCCn1ncc(B2OC(C)(C)C(C)(C)O2)c1C.CC(C)(C)C(C)(C)O. The van der Waals surface area contributed by atoms with E-state index in [0.717, 1.165) is 11.2 Å². The molecule has 0 aromatic carbocycles. The summed E-state index contributed by atoms with van der Waals surface area (Å²) < 4.78 is 18.8. The maximum Gasteiger partial charge on any atom is 0.498 e.